The van der Waals surface area contributed by atoms with Crippen LogP contribution in [0.15, 0.2) is 24.3 Å². The topological polar surface area (TPSA) is 217 Å². The third kappa shape index (κ3) is 8.16. The molecule has 5 aliphatic rings. The Balaban J connectivity index is 0.00000585. The minimum absolute atomic E-state index is 0. The van der Waals surface area contributed by atoms with Gasteiger partial charge in [-0.05, 0) is 59.0 Å². The molecule has 16 nitrogen and oxygen atoms in total. The highest BCUT2D eigenvalue weighted by atomic mass is 35.5. The zero-order valence-corrected chi connectivity index (χ0v) is 34.9. The first-order valence-corrected chi connectivity index (χ1v) is 19.9. The molecule has 0 saturated carbocycles. The number of ketones is 3. The van der Waals surface area contributed by atoms with Gasteiger partial charge in [0.05, 0.1) is 48.3 Å². The van der Waals surface area contributed by atoms with E-state index in [1.54, 1.807) is 27.7 Å². The number of nitrogens with zero attached hydrogens (tertiary/aromatic N) is 1. The normalized spacial score (nSPS) is 35.7. The number of aliphatic hydroxyl groups excluding tert-OH is 1. The van der Waals surface area contributed by atoms with E-state index in [0.29, 0.717) is 12.8 Å². The maximum Gasteiger partial charge on any atom is 0.316 e. The number of phenols is 2. The minimum Gasteiger partial charge on any atom is -0.507 e. The number of phenolic OH excluding ortho intramolecular Hbond substituents is 2. The number of hydrogen-bond donors (Lipinski definition) is 4. The summed E-state index contributed by atoms with van der Waals surface area (Å²) in [5, 5.41) is 45.9. The lowest BCUT2D eigenvalue weighted by molar-refractivity contribution is -0.324. The summed E-state index contributed by atoms with van der Waals surface area (Å²) < 4.78 is 42.6. The summed E-state index contributed by atoms with van der Waals surface area (Å²) in [5.41, 5.74) is -2.49. The van der Waals surface area contributed by atoms with Crippen LogP contribution in [0.3, 0.4) is 0 Å². The van der Waals surface area contributed by atoms with E-state index in [2.05, 4.69) is 0 Å². The van der Waals surface area contributed by atoms with E-state index < -0.39 is 102 Å². The number of likely N-dealkylation sites (N-methyl/N-ethyl adjacent to an activating group) is 1. The molecule has 3 saturated heterocycles. The highest BCUT2D eigenvalue weighted by Crippen LogP contribution is 2.54. The smallest absolute Gasteiger partial charge is 0.316 e. The second kappa shape index (κ2) is 17.4. The monoisotopic (exact) mass is 847 g/mol. The van der Waals surface area contributed by atoms with Gasteiger partial charge in [-0.15, -0.1) is 12.4 Å². The standard InChI is InChI=1S/C42H53NO15.ClH/c1-8-42(51)17-28(33-22(35(42)41(50)52-7)14-23-34(38(33)49)37(48)32-21(36(23)47)10-9-11-26(32)45)56-30-15-24(43(5)6)39(19(3)54-30)58-31-16-27(46)40(20(4)55-31)57-29-13-12-25(44)18(2)53-29;/h9-11,14,18-20,24,27-31,35,39-40,45-46,49,51H,8,12-13,15-17H2,1-7H3;1H/t18?,19?,20?,24?,27?,28-,29?,30?,31?,35?,39?,40?,42+;/m0./s1. The van der Waals surface area contributed by atoms with E-state index in [4.69, 9.17) is 33.2 Å². The van der Waals surface area contributed by atoms with Crippen LogP contribution in [0, 0.1) is 0 Å². The van der Waals surface area contributed by atoms with E-state index >= 15 is 0 Å². The number of halogens is 1. The van der Waals surface area contributed by atoms with E-state index in [-0.39, 0.29) is 83.3 Å². The van der Waals surface area contributed by atoms with Gasteiger partial charge in [-0.2, -0.15) is 0 Å². The van der Waals surface area contributed by atoms with Crippen molar-refractivity contribution in [2.45, 2.75) is 145 Å². The Kier molecular flexibility index (Phi) is 13.3. The molecule has 324 valence electrons. The van der Waals surface area contributed by atoms with E-state index in [9.17, 15) is 39.6 Å². The van der Waals surface area contributed by atoms with Gasteiger partial charge in [0.1, 0.15) is 35.7 Å². The second-order valence-electron chi connectivity index (χ2n) is 16.3. The Morgan fingerprint density at radius 2 is 1.56 bits per heavy atom. The van der Waals surface area contributed by atoms with Crippen LogP contribution < -0.4 is 0 Å². The number of methoxy groups -OCH3 is 1. The summed E-state index contributed by atoms with van der Waals surface area (Å²) in [7, 11) is 4.91. The molecule has 2 aromatic carbocycles. The van der Waals surface area contributed by atoms with E-state index in [1.807, 2.05) is 19.0 Å². The van der Waals surface area contributed by atoms with Gasteiger partial charge in [0, 0.05) is 54.8 Å². The minimum atomic E-state index is -1.76. The zero-order valence-electron chi connectivity index (χ0n) is 34.1. The number of aliphatic hydroxyl groups is 2. The van der Waals surface area contributed by atoms with Crippen molar-refractivity contribution in [2.75, 3.05) is 21.2 Å². The first-order chi connectivity index (χ1) is 27.5. The molecule has 11 unspecified atom stereocenters. The number of Topliss-reactive ketones (excluding diaryl/α,β-unsaturated/α-hetero) is 1. The predicted molar refractivity (Wildman–Crippen MR) is 208 cm³/mol. The fourth-order valence-corrected chi connectivity index (χ4v) is 9.27. The molecule has 0 bridgehead atoms. The number of rotatable bonds is 9. The molecule has 0 radical (unpaired) electrons. The van der Waals surface area contributed by atoms with Crippen LogP contribution in [0.4, 0.5) is 0 Å². The molecule has 2 aromatic rings. The van der Waals surface area contributed by atoms with Crippen LogP contribution in [0.2, 0.25) is 0 Å². The maximum absolute atomic E-state index is 13.9. The molecule has 0 aromatic heterocycles. The second-order valence-corrected chi connectivity index (χ2v) is 16.3. The van der Waals surface area contributed by atoms with Crippen LogP contribution >= 0.6 is 12.4 Å². The van der Waals surface area contributed by atoms with Gasteiger partial charge in [0.2, 0.25) is 5.78 Å². The summed E-state index contributed by atoms with van der Waals surface area (Å²) in [6.07, 6.45) is -6.64. The predicted octanol–water partition coefficient (Wildman–Crippen LogP) is 3.58. The van der Waals surface area contributed by atoms with E-state index in [0.717, 1.165) is 0 Å². The number of esters is 1. The first kappa shape index (κ1) is 45.0. The molecule has 17 heteroatoms. The van der Waals surface area contributed by atoms with Crippen molar-refractivity contribution in [2.24, 2.45) is 0 Å². The largest absolute Gasteiger partial charge is 0.507 e. The molecule has 7 rings (SSSR count). The molecule has 0 spiro atoms. The van der Waals surface area contributed by atoms with Crippen LogP contribution in [0.25, 0.3) is 0 Å². The van der Waals surface area contributed by atoms with Crippen molar-refractivity contribution in [1.29, 1.82) is 0 Å². The number of fused-ring (bicyclic) bond motifs is 3. The summed E-state index contributed by atoms with van der Waals surface area (Å²) in [6.45, 7) is 6.95. The molecule has 13 atom stereocenters. The van der Waals surface area contributed by atoms with Gasteiger partial charge in [-0.3, -0.25) is 19.2 Å². The number of carbonyl (C=O) groups excluding carboxylic acids is 4. The lowest BCUT2D eigenvalue weighted by Crippen LogP contribution is -2.58. The van der Waals surface area contributed by atoms with Gasteiger partial charge < -0.3 is 58.5 Å². The molecule has 3 aliphatic heterocycles. The highest BCUT2D eigenvalue weighted by Gasteiger charge is 2.53. The van der Waals surface area contributed by atoms with Crippen LogP contribution in [0.5, 0.6) is 11.5 Å². The van der Waals surface area contributed by atoms with Crippen LogP contribution in [-0.4, -0.2) is 137 Å². The molecular formula is C42H54ClNO15. The Bertz CT molecular complexity index is 1950. The average molecular weight is 848 g/mol. The Morgan fingerprint density at radius 3 is 2.19 bits per heavy atom. The van der Waals surface area contributed by atoms with Gasteiger partial charge in [-0.1, -0.05) is 19.1 Å². The molecule has 4 N–H and O–H groups in total. The van der Waals surface area contributed by atoms with E-state index in [1.165, 1.54) is 31.4 Å². The summed E-state index contributed by atoms with van der Waals surface area (Å²) in [4.78, 5) is 55.0. The first-order valence-electron chi connectivity index (χ1n) is 19.9. The molecule has 2 aliphatic carbocycles. The maximum atomic E-state index is 13.9. The summed E-state index contributed by atoms with van der Waals surface area (Å²) >= 11 is 0. The number of benzene rings is 2. The highest BCUT2D eigenvalue weighted by molar-refractivity contribution is 6.30. The molecule has 59 heavy (non-hydrogen) atoms. The number of aromatic hydroxyl groups is 2. The third-order valence-corrected chi connectivity index (χ3v) is 12.4. The molecule has 3 fully saturated rings. The van der Waals surface area contributed by atoms with Crippen molar-refractivity contribution >= 4 is 35.7 Å². The van der Waals surface area contributed by atoms with Crippen LogP contribution in [0.1, 0.15) is 121 Å². The Morgan fingerprint density at radius 1 is 0.898 bits per heavy atom. The van der Waals surface area contributed by atoms with Crippen molar-refractivity contribution in [1.82, 2.24) is 4.90 Å². The third-order valence-electron chi connectivity index (χ3n) is 12.4. The molecule has 3 heterocycles. The van der Waals surface area contributed by atoms with Crippen LogP contribution in [-0.2, 0) is 42.7 Å². The van der Waals surface area contributed by atoms with Gasteiger partial charge in [0.15, 0.2) is 30.4 Å². The Labute approximate surface area is 348 Å². The number of ether oxygens (including phenoxy) is 7. The van der Waals surface area contributed by atoms with Crippen molar-refractivity contribution in [3.8, 4) is 11.5 Å². The lowest BCUT2D eigenvalue weighted by atomic mass is 9.67. The summed E-state index contributed by atoms with van der Waals surface area (Å²) in [6, 6.07) is 5.11. The van der Waals surface area contributed by atoms with Gasteiger partial charge in [0.25, 0.3) is 0 Å². The lowest BCUT2D eigenvalue weighted by Gasteiger charge is -2.48. The quantitative estimate of drug-likeness (QED) is 0.226. The van der Waals surface area contributed by atoms with Crippen molar-refractivity contribution in [3.63, 3.8) is 0 Å². The summed E-state index contributed by atoms with van der Waals surface area (Å²) in [5.74, 6) is -4.59. The van der Waals surface area contributed by atoms with Gasteiger partial charge in [-0.25, -0.2) is 0 Å². The Hall–Kier alpha value is -3.55. The number of carbonyl (C=O) groups is 4. The number of hydrogen-bond acceptors (Lipinski definition) is 16. The zero-order chi connectivity index (χ0) is 42.0. The molecule has 0 amide bonds. The SMILES string of the molecule is CC[C@@]1(O)C[C@H](OC2CC(N(C)C)C(OC3CC(O)C(OC4CCC(=O)C(C)O4)C(C)O3)C(C)O2)c2c(cc3c(c2O)C(=O)c2c(O)cccc2C3=O)C1C(=O)OC.Cl. The van der Waals surface area contributed by atoms with Crippen molar-refractivity contribution < 1.29 is 72.8 Å². The fourth-order valence-electron chi connectivity index (χ4n) is 9.27. The van der Waals surface area contributed by atoms with Gasteiger partial charge >= 0.3 is 5.97 Å². The molecular weight excluding hydrogens is 794 g/mol. The van der Waals surface area contributed by atoms with Crippen molar-refractivity contribution in [3.05, 3.63) is 57.6 Å². The fraction of sp³-hybridized carbons (Fsp3) is 0.619. The average Bonchev–Trinajstić information content (AvgIpc) is 3.17.